The van der Waals surface area contributed by atoms with Crippen molar-refractivity contribution in [1.29, 1.82) is 0 Å². The molecule has 0 fully saturated rings. The zero-order valence-electron chi connectivity index (χ0n) is 17.9. The standard InChI is InChI=1S/C23H19N3O6S/c1-30-15-7-4-13(5-8-15)18-11-26-19(12-33-23(26)25-18)20(27)24-17-10-14(21(28)31-2)6-9-16(17)22(29)32-3/h4-12H,1-3H3,(H,24,27). The summed E-state index contributed by atoms with van der Waals surface area (Å²) in [7, 11) is 4.08. The largest absolute Gasteiger partial charge is 0.497 e. The van der Waals surface area contributed by atoms with Gasteiger partial charge in [-0.3, -0.25) is 9.20 Å². The highest BCUT2D eigenvalue weighted by atomic mass is 32.1. The number of hydrogen-bond acceptors (Lipinski definition) is 8. The highest BCUT2D eigenvalue weighted by molar-refractivity contribution is 7.15. The Balaban J connectivity index is 1.67. The number of carbonyl (C=O) groups is 3. The molecule has 168 valence electrons. The molecule has 4 aromatic rings. The van der Waals surface area contributed by atoms with Gasteiger partial charge in [0, 0.05) is 17.1 Å². The van der Waals surface area contributed by atoms with Crippen molar-refractivity contribution in [3.8, 4) is 17.0 Å². The molecule has 1 amide bonds. The lowest BCUT2D eigenvalue weighted by Gasteiger charge is -2.11. The number of nitrogens with one attached hydrogen (secondary N) is 1. The van der Waals surface area contributed by atoms with Crippen LogP contribution < -0.4 is 10.1 Å². The molecule has 0 aliphatic carbocycles. The number of fused-ring (bicyclic) bond motifs is 1. The third kappa shape index (κ3) is 4.28. The second kappa shape index (κ2) is 9.13. The first-order valence-corrected chi connectivity index (χ1v) is 10.6. The van der Waals surface area contributed by atoms with Crippen molar-refractivity contribution < 1.29 is 28.6 Å². The lowest BCUT2D eigenvalue weighted by molar-refractivity contribution is 0.0587. The SMILES string of the molecule is COC(=O)c1ccc(C(=O)OC)c(NC(=O)c2csc3nc(-c4ccc(OC)cc4)cn23)c1. The van der Waals surface area contributed by atoms with Crippen molar-refractivity contribution in [2.75, 3.05) is 26.6 Å². The van der Waals surface area contributed by atoms with Gasteiger partial charge >= 0.3 is 11.9 Å². The zero-order chi connectivity index (χ0) is 23.5. The van der Waals surface area contributed by atoms with Crippen LogP contribution in [-0.4, -0.2) is 48.6 Å². The molecule has 0 unspecified atom stereocenters. The smallest absolute Gasteiger partial charge is 0.339 e. The van der Waals surface area contributed by atoms with E-state index in [0.29, 0.717) is 16.3 Å². The van der Waals surface area contributed by atoms with Crippen LogP contribution >= 0.6 is 11.3 Å². The number of imidazole rings is 1. The van der Waals surface area contributed by atoms with Crippen LogP contribution in [0, 0.1) is 0 Å². The van der Waals surface area contributed by atoms with Gasteiger partial charge in [-0.05, 0) is 42.5 Å². The van der Waals surface area contributed by atoms with E-state index in [9.17, 15) is 14.4 Å². The molecule has 2 heterocycles. The predicted octanol–water partition coefficient (Wildman–Crippen LogP) is 3.90. The predicted molar refractivity (Wildman–Crippen MR) is 122 cm³/mol. The number of rotatable bonds is 6. The number of hydrogen-bond donors (Lipinski definition) is 1. The van der Waals surface area contributed by atoms with Crippen molar-refractivity contribution in [3.05, 3.63) is 70.9 Å². The molecular weight excluding hydrogens is 446 g/mol. The second-order valence-electron chi connectivity index (χ2n) is 6.83. The van der Waals surface area contributed by atoms with Gasteiger partial charge in [0.2, 0.25) is 0 Å². The summed E-state index contributed by atoms with van der Waals surface area (Å²) in [6.07, 6.45) is 1.76. The maximum atomic E-state index is 13.1. The minimum atomic E-state index is -0.651. The first-order valence-electron chi connectivity index (χ1n) is 9.68. The van der Waals surface area contributed by atoms with Gasteiger partial charge in [-0.15, -0.1) is 11.3 Å². The molecule has 0 aliphatic rings. The van der Waals surface area contributed by atoms with Crippen LogP contribution in [0.5, 0.6) is 5.75 Å². The van der Waals surface area contributed by atoms with E-state index in [2.05, 4.69) is 10.3 Å². The van der Waals surface area contributed by atoms with E-state index in [1.807, 2.05) is 24.3 Å². The van der Waals surface area contributed by atoms with Crippen LogP contribution in [-0.2, 0) is 9.47 Å². The second-order valence-corrected chi connectivity index (χ2v) is 7.66. The van der Waals surface area contributed by atoms with Gasteiger partial charge < -0.3 is 19.5 Å². The molecule has 2 aromatic heterocycles. The number of anilines is 1. The maximum absolute atomic E-state index is 13.1. The molecule has 2 aromatic carbocycles. The molecule has 0 atom stereocenters. The van der Waals surface area contributed by atoms with Gasteiger partial charge in [0.1, 0.15) is 11.4 Å². The number of esters is 2. The third-order valence-electron chi connectivity index (χ3n) is 4.92. The minimum Gasteiger partial charge on any atom is -0.497 e. The summed E-state index contributed by atoms with van der Waals surface area (Å²) in [5, 5.41) is 4.36. The Morgan fingerprint density at radius 1 is 0.970 bits per heavy atom. The Bertz CT molecular complexity index is 1360. The summed E-state index contributed by atoms with van der Waals surface area (Å²) >= 11 is 1.30. The summed E-state index contributed by atoms with van der Waals surface area (Å²) in [4.78, 5) is 42.4. The van der Waals surface area contributed by atoms with E-state index in [4.69, 9.17) is 14.2 Å². The van der Waals surface area contributed by atoms with Crippen molar-refractivity contribution in [2.24, 2.45) is 0 Å². The first kappa shape index (κ1) is 22.0. The van der Waals surface area contributed by atoms with Gasteiger partial charge in [-0.1, -0.05) is 0 Å². The number of benzene rings is 2. The monoisotopic (exact) mass is 465 g/mol. The number of ether oxygens (including phenoxy) is 3. The fourth-order valence-electron chi connectivity index (χ4n) is 3.21. The van der Waals surface area contributed by atoms with Gasteiger partial charge in [0.25, 0.3) is 5.91 Å². The lowest BCUT2D eigenvalue weighted by atomic mass is 10.1. The van der Waals surface area contributed by atoms with Gasteiger partial charge in [-0.2, -0.15) is 0 Å². The molecule has 0 aliphatic heterocycles. The number of thiazole rings is 1. The third-order valence-corrected chi connectivity index (χ3v) is 5.76. The molecule has 0 spiro atoms. The van der Waals surface area contributed by atoms with Crippen LogP contribution in [0.25, 0.3) is 16.2 Å². The number of nitrogens with zero attached hydrogens (tertiary/aromatic N) is 2. The van der Waals surface area contributed by atoms with Crippen molar-refractivity contribution >= 4 is 39.8 Å². The molecule has 0 saturated heterocycles. The Morgan fingerprint density at radius 2 is 1.70 bits per heavy atom. The summed E-state index contributed by atoms with van der Waals surface area (Å²) in [5.74, 6) is -0.997. The maximum Gasteiger partial charge on any atom is 0.339 e. The Labute approximate surface area is 192 Å². The van der Waals surface area contributed by atoms with E-state index in [1.165, 1.54) is 43.8 Å². The average molecular weight is 465 g/mol. The Morgan fingerprint density at radius 3 is 2.36 bits per heavy atom. The van der Waals surface area contributed by atoms with Crippen LogP contribution in [0.15, 0.2) is 54.0 Å². The highest BCUT2D eigenvalue weighted by Gasteiger charge is 2.20. The number of carbonyl (C=O) groups excluding carboxylic acids is 3. The van der Waals surface area contributed by atoms with E-state index in [0.717, 1.165) is 11.3 Å². The van der Waals surface area contributed by atoms with E-state index >= 15 is 0 Å². The molecule has 4 rings (SSSR count). The first-order chi connectivity index (χ1) is 15.9. The molecule has 0 bridgehead atoms. The summed E-state index contributed by atoms with van der Waals surface area (Å²) < 4.78 is 16.4. The van der Waals surface area contributed by atoms with Crippen LogP contribution in [0.1, 0.15) is 31.2 Å². The molecule has 9 nitrogen and oxygen atoms in total. The Hall–Kier alpha value is -4.18. The highest BCUT2D eigenvalue weighted by Crippen LogP contribution is 2.26. The lowest BCUT2D eigenvalue weighted by Crippen LogP contribution is -2.17. The molecule has 33 heavy (non-hydrogen) atoms. The Kier molecular flexibility index (Phi) is 6.09. The summed E-state index contributed by atoms with van der Waals surface area (Å²) in [6.45, 7) is 0. The van der Waals surface area contributed by atoms with Crippen LogP contribution in [0.2, 0.25) is 0 Å². The normalized spacial score (nSPS) is 10.6. The van der Waals surface area contributed by atoms with E-state index < -0.39 is 17.8 Å². The molecular formula is C23H19N3O6S. The summed E-state index contributed by atoms with van der Waals surface area (Å²) in [5.41, 5.74) is 2.30. The van der Waals surface area contributed by atoms with Crippen molar-refractivity contribution in [2.45, 2.75) is 0 Å². The van der Waals surface area contributed by atoms with Crippen LogP contribution in [0.3, 0.4) is 0 Å². The minimum absolute atomic E-state index is 0.106. The van der Waals surface area contributed by atoms with Gasteiger partial charge in [0.15, 0.2) is 4.96 Å². The number of methoxy groups -OCH3 is 3. The fourth-order valence-corrected chi connectivity index (χ4v) is 4.07. The van der Waals surface area contributed by atoms with Gasteiger partial charge in [0.05, 0.1) is 43.8 Å². The van der Waals surface area contributed by atoms with Crippen molar-refractivity contribution in [1.82, 2.24) is 9.38 Å². The quantitative estimate of drug-likeness (QED) is 0.430. The van der Waals surface area contributed by atoms with E-state index in [1.54, 1.807) is 23.1 Å². The van der Waals surface area contributed by atoms with Crippen LogP contribution in [0.4, 0.5) is 5.69 Å². The molecule has 0 saturated carbocycles. The average Bonchev–Trinajstić information content (AvgIpc) is 3.44. The van der Waals surface area contributed by atoms with Gasteiger partial charge in [-0.25, -0.2) is 14.6 Å². The molecule has 1 N–H and O–H groups in total. The zero-order valence-corrected chi connectivity index (χ0v) is 18.8. The number of amides is 1. The number of aromatic nitrogens is 2. The molecule has 0 radical (unpaired) electrons. The fraction of sp³-hybridized carbons (Fsp3) is 0.130. The molecule has 10 heteroatoms. The topological polar surface area (TPSA) is 108 Å². The van der Waals surface area contributed by atoms with E-state index in [-0.39, 0.29) is 16.8 Å². The summed E-state index contributed by atoms with van der Waals surface area (Å²) in [6, 6.07) is 11.6. The van der Waals surface area contributed by atoms with Crippen molar-refractivity contribution in [3.63, 3.8) is 0 Å².